The fraction of sp³-hybridized carbons (Fsp3) is 0.636. The quantitative estimate of drug-likeness (QED) is 0.321. The molecule has 124 valence electrons. The number of nitrogen functional groups attached to an aromatic ring is 1. The van der Waals surface area contributed by atoms with E-state index in [1.165, 1.54) is 11.2 Å². The van der Waals surface area contributed by atoms with E-state index in [1.807, 2.05) is 0 Å². The first kappa shape index (κ1) is 15.5. The second-order valence-corrected chi connectivity index (χ2v) is 5.27. The van der Waals surface area contributed by atoms with Crippen LogP contribution in [0, 0.1) is 0 Å². The van der Waals surface area contributed by atoms with Crippen LogP contribution in [-0.4, -0.2) is 64.1 Å². The number of aliphatic hydroxyl groups is 2. The molecule has 0 aromatic carbocycles. The van der Waals surface area contributed by atoms with E-state index in [2.05, 4.69) is 25.3 Å². The summed E-state index contributed by atoms with van der Waals surface area (Å²) in [5.74, 6) is 0.531. The number of ether oxygens (including phenoxy) is 1. The summed E-state index contributed by atoms with van der Waals surface area (Å²) in [6, 6.07) is 0. The Morgan fingerprint density at radius 3 is 3.13 bits per heavy atom. The monoisotopic (exact) mass is 326 g/mol. The average Bonchev–Trinajstić information content (AvgIpc) is 3.09. The summed E-state index contributed by atoms with van der Waals surface area (Å²) in [4.78, 5) is 11.9. The Bertz CT molecular complexity index is 656. The number of alkyl halides is 1. The van der Waals surface area contributed by atoms with Crippen molar-refractivity contribution >= 4 is 17.3 Å². The van der Waals surface area contributed by atoms with Crippen LogP contribution in [0.4, 0.5) is 21.7 Å². The fourth-order valence-corrected chi connectivity index (χ4v) is 2.75. The van der Waals surface area contributed by atoms with E-state index in [-0.39, 0.29) is 12.5 Å². The summed E-state index contributed by atoms with van der Waals surface area (Å²) in [5, 5.41) is 25.8. The molecule has 2 aliphatic heterocycles. The van der Waals surface area contributed by atoms with Crippen molar-refractivity contribution in [1.29, 1.82) is 0 Å². The molecular formula is C11H15FN8O3. The van der Waals surface area contributed by atoms with Crippen molar-refractivity contribution in [3.8, 4) is 0 Å². The van der Waals surface area contributed by atoms with E-state index >= 15 is 0 Å². The number of aromatic nitrogens is 2. The molecule has 1 aromatic heterocycles. The third-order valence-corrected chi connectivity index (χ3v) is 4.00. The van der Waals surface area contributed by atoms with Gasteiger partial charge in [0.1, 0.15) is 23.7 Å². The minimum absolute atomic E-state index is 0.138. The highest BCUT2D eigenvalue weighted by Crippen LogP contribution is 2.41. The maximum absolute atomic E-state index is 14.6. The van der Waals surface area contributed by atoms with Gasteiger partial charge in [-0.25, -0.2) is 14.4 Å². The summed E-state index contributed by atoms with van der Waals surface area (Å²) < 4.78 is 20.1. The maximum atomic E-state index is 14.6. The van der Waals surface area contributed by atoms with E-state index in [9.17, 15) is 14.6 Å². The lowest BCUT2D eigenvalue weighted by molar-refractivity contribution is -0.104. The molecule has 0 unspecified atom stereocenters. The van der Waals surface area contributed by atoms with Gasteiger partial charge in [-0.15, -0.1) is 0 Å². The number of halogens is 1. The predicted molar refractivity (Wildman–Crippen MR) is 77.0 cm³/mol. The first-order valence-corrected chi connectivity index (χ1v) is 6.77. The number of hydrogen-bond donors (Lipinski definition) is 4. The molecule has 0 amide bonds. The van der Waals surface area contributed by atoms with Crippen molar-refractivity contribution in [1.82, 2.24) is 9.97 Å². The van der Waals surface area contributed by atoms with Gasteiger partial charge in [-0.1, -0.05) is 5.11 Å². The first-order valence-electron chi connectivity index (χ1n) is 6.77. The fourth-order valence-electron chi connectivity index (χ4n) is 2.75. The van der Waals surface area contributed by atoms with Crippen molar-refractivity contribution in [2.24, 2.45) is 5.11 Å². The minimum Gasteiger partial charge on any atom is -0.393 e. The molecule has 3 heterocycles. The van der Waals surface area contributed by atoms with Crippen LogP contribution in [-0.2, 0) is 4.74 Å². The van der Waals surface area contributed by atoms with Gasteiger partial charge in [-0.05, 0) is 5.53 Å². The number of rotatable bonds is 4. The van der Waals surface area contributed by atoms with Gasteiger partial charge in [0.25, 0.3) is 0 Å². The lowest BCUT2D eigenvalue weighted by Gasteiger charge is -2.29. The van der Waals surface area contributed by atoms with Crippen LogP contribution in [0.15, 0.2) is 11.4 Å². The molecule has 0 saturated carbocycles. The predicted octanol–water partition coefficient (Wildman–Crippen LogP) is -0.655. The Balaban J connectivity index is 1.91. The number of fused-ring (bicyclic) bond motifs is 1. The third-order valence-electron chi connectivity index (χ3n) is 4.00. The Morgan fingerprint density at radius 1 is 1.65 bits per heavy atom. The van der Waals surface area contributed by atoms with E-state index < -0.39 is 37.3 Å². The van der Waals surface area contributed by atoms with E-state index in [0.717, 1.165) is 0 Å². The number of azide groups is 1. The standard InChI is InChI=1S/C11H15FN8O3/c12-5-7(22)11(2-21,1-18-19-14)23-10(5)20-4-17-6-8(13)15-3-16-9(6)20/h3,5,7,10,17,21-22H,1-2,4H2,(H2,13,15,16)/t5-,7+,10-,11-/m1/s1. The van der Waals surface area contributed by atoms with Gasteiger partial charge in [0.05, 0.1) is 19.8 Å². The van der Waals surface area contributed by atoms with Crippen molar-refractivity contribution in [3.05, 3.63) is 16.8 Å². The van der Waals surface area contributed by atoms with Gasteiger partial charge in [0.15, 0.2) is 24.0 Å². The second-order valence-electron chi connectivity index (χ2n) is 5.27. The molecule has 1 aromatic rings. The van der Waals surface area contributed by atoms with Crippen LogP contribution in [0.25, 0.3) is 10.4 Å². The summed E-state index contributed by atoms with van der Waals surface area (Å²) in [6.45, 7) is -0.971. The molecule has 0 aliphatic carbocycles. The van der Waals surface area contributed by atoms with E-state index in [0.29, 0.717) is 11.5 Å². The summed E-state index contributed by atoms with van der Waals surface area (Å²) in [6.07, 6.45) is -3.51. The molecular weight excluding hydrogens is 311 g/mol. The largest absolute Gasteiger partial charge is 0.393 e. The summed E-state index contributed by atoms with van der Waals surface area (Å²) in [7, 11) is 0. The molecule has 3 rings (SSSR count). The van der Waals surface area contributed by atoms with Crippen molar-refractivity contribution < 1.29 is 19.3 Å². The van der Waals surface area contributed by atoms with Crippen molar-refractivity contribution in [3.63, 3.8) is 0 Å². The highest BCUT2D eigenvalue weighted by Gasteiger charge is 2.57. The summed E-state index contributed by atoms with van der Waals surface area (Å²) in [5.41, 5.74) is 12.9. The molecule has 1 saturated heterocycles. The molecule has 2 aliphatic rings. The zero-order valence-corrected chi connectivity index (χ0v) is 11.9. The highest BCUT2D eigenvalue weighted by molar-refractivity contribution is 5.80. The van der Waals surface area contributed by atoms with E-state index in [4.69, 9.17) is 16.0 Å². The van der Waals surface area contributed by atoms with Crippen LogP contribution in [0.1, 0.15) is 0 Å². The molecule has 11 nitrogen and oxygen atoms in total. The summed E-state index contributed by atoms with van der Waals surface area (Å²) >= 11 is 0. The molecule has 5 N–H and O–H groups in total. The van der Waals surface area contributed by atoms with Crippen LogP contribution < -0.4 is 16.0 Å². The van der Waals surface area contributed by atoms with Gasteiger partial charge in [-0.3, -0.25) is 0 Å². The number of anilines is 3. The molecule has 4 atom stereocenters. The smallest absolute Gasteiger partial charge is 0.173 e. The van der Waals surface area contributed by atoms with E-state index in [1.54, 1.807) is 0 Å². The zero-order valence-electron chi connectivity index (χ0n) is 11.9. The Labute approximate surface area is 129 Å². The Kier molecular flexibility index (Phi) is 3.82. The Morgan fingerprint density at radius 2 is 2.43 bits per heavy atom. The topological polar surface area (TPSA) is 166 Å². The minimum atomic E-state index is -1.85. The maximum Gasteiger partial charge on any atom is 0.173 e. The van der Waals surface area contributed by atoms with Gasteiger partial charge in [0, 0.05) is 4.91 Å². The molecule has 23 heavy (non-hydrogen) atoms. The third kappa shape index (κ3) is 2.28. The SMILES string of the molecule is [N-]=[N+]=NC[C@]1(CO)O[C@@H](N2CNc3c(N)ncnc32)[C@H](F)[C@@H]1O. The first-order chi connectivity index (χ1) is 11.0. The van der Waals surface area contributed by atoms with Gasteiger partial charge in [0.2, 0.25) is 0 Å². The molecule has 0 spiro atoms. The van der Waals surface area contributed by atoms with Crippen LogP contribution in [0.5, 0.6) is 0 Å². The number of nitrogens with one attached hydrogen (secondary N) is 1. The van der Waals surface area contributed by atoms with Crippen molar-refractivity contribution in [2.45, 2.75) is 24.1 Å². The molecule has 0 bridgehead atoms. The number of nitrogens with two attached hydrogens (primary N) is 1. The Hall–Kier alpha value is -2.40. The lowest BCUT2D eigenvalue weighted by atomic mass is 9.97. The van der Waals surface area contributed by atoms with Crippen molar-refractivity contribution in [2.75, 3.05) is 35.8 Å². The van der Waals surface area contributed by atoms with Gasteiger partial charge in [-0.2, -0.15) is 0 Å². The normalized spacial score (nSPS) is 32.3. The average molecular weight is 326 g/mol. The second kappa shape index (κ2) is 5.66. The molecule has 0 radical (unpaired) electrons. The number of nitrogens with zero attached hydrogens (tertiary/aromatic N) is 6. The molecule has 12 heteroatoms. The van der Waals surface area contributed by atoms with Gasteiger partial charge >= 0.3 is 0 Å². The number of hydrogen-bond acceptors (Lipinski definition) is 9. The molecule has 1 fully saturated rings. The van der Waals surface area contributed by atoms with Crippen LogP contribution >= 0.6 is 0 Å². The van der Waals surface area contributed by atoms with Gasteiger partial charge < -0.3 is 30.9 Å². The number of aliphatic hydroxyl groups excluding tert-OH is 2. The zero-order chi connectivity index (χ0) is 16.6. The van der Waals surface area contributed by atoms with Crippen LogP contribution in [0.2, 0.25) is 0 Å². The highest BCUT2D eigenvalue weighted by atomic mass is 19.1. The van der Waals surface area contributed by atoms with Crippen LogP contribution in [0.3, 0.4) is 0 Å². The lowest BCUT2D eigenvalue weighted by Crippen LogP contribution is -2.48.